The number of ether oxygens (including phenoxy) is 1. The van der Waals surface area contributed by atoms with Crippen LogP contribution in [0.2, 0.25) is 0 Å². The molecule has 0 aromatic heterocycles. The lowest BCUT2D eigenvalue weighted by Gasteiger charge is -2.25. The maximum Gasteiger partial charge on any atom is 0.251 e. The molecule has 2 heterocycles. The molecule has 0 aliphatic carbocycles. The van der Waals surface area contributed by atoms with E-state index in [1.807, 2.05) is 41.3 Å². The zero-order valence-electron chi connectivity index (χ0n) is 18.2. The van der Waals surface area contributed by atoms with Gasteiger partial charge in [0.1, 0.15) is 11.8 Å². The third-order valence-corrected chi connectivity index (χ3v) is 6.48. The van der Waals surface area contributed by atoms with Crippen molar-refractivity contribution in [3.05, 3.63) is 65.2 Å². The van der Waals surface area contributed by atoms with Gasteiger partial charge < -0.3 is 19.9 Å². The number of amides is 2. The maximum atomic E-state index is 12.8. The second-order valence-corrected chi connectivity index (χ2v) is 8.52. The summed E-state index contributed by atoms with van der Waals surface area (Å²) in [4.78, 5) is 28.0. The number of carbonyl (C=O) groups is 2. The molecule has 6 nitrogen and oxygen atoms in total. The van der Waals surface area contributed by atoms with E-state index < -0.39 is 0 Å². The van der Waals surface area contributed by atoms with Crippen molar-refractivity contribution in [1.29, 1.82) is 0 Å². The topological polar surface area (TPSA) is 63.1 Å². The van der Waals surface area contributed by atoms with Crippen LogP contribution in [0.1, 0.15) is 53.2 Å². The van der Waals surface area contributed by atoms with Gasteiger partial charge in [0.2, 0.25) is 5.91 Å². The molecule has 0 radical (unpaired) electrons. The van der Waals surface area contributed by atoms with E-state index in [0.717, 1.165) is 37.4 Å². The highest BCUT2D eigenvalue weighted by molar-refractivity contribution is 5.94. The van der Waals surface area contributed by atoms with Crippen molar-refractivity contribution in [1.82, 2.24) is 10.2 Å². The lowest BCUT2D eigenvalue weighted by Crippen LogP contribution is -3.11. The van der Waals surface area contributed by atoms with E-state index in [-0.39, 0.29) is 17.9 Å². The van der Waals surface area contributed by atoms with Crippen LogP contribution >= 0.6 is 0 Å². The largest absolute Gasteiger partial charge is 0.497 e. The minimum Gasteiger partial charge on any atom is -0.497 e. The molecule has 0 spiro atoms. The monoisotopic (exact) mass is 422 g/mol. The van der Waals surface area contributed by atoms with E-state index in [9.17, 15) is 9.59 Å². The van der Waals surface area contributed by atoms with Gasteiger partial charge in [0.15, 0.2) is 0 Å². The lowest BCUT2D eigenvalue weighted by molar-refractivity contribution is -0.918. The second kappa shape index (κ2) is 9.96. The average Bonchev–Trinajstić information content (AvgIpc) is 3.47. The van der Waals surface area contributed by atoms with Gasteiger partial charge in [-0.1, -0.05) is 12.1 Å². The van der Waals surface area contributed by atoms with Crippen LogP contribution in [0.5, 0.6) is 5.75 Å². The highest BCUT2D eigenvalue weighted by Crippen LogP contribution is 2.17. The highest BCUT2D eigenvalue weighted by Gasteiger charge is 2.28. The van der Waals surface area contributed by atoms with Gasteiger partial charge >= 0.3 is 0 Å². The lowest BCUT2D eigenvalue weighted by atomic mass is 10.0. The molecule has 31 heavy (non-hydrogen) atoms. The summed E-state index contributed by atoms with van der Waals surface area (Å²) in [7, 11) is 1.67. The molecule has 2 aromatic rings. The van der Waals surface area contributed by atoms with E-state index in [4.69, 9.17) is 4.74 Å². The molecule has 2 aliphatic heterocycles. The Labute approximate surface area is 184 Å². The number of hydrogen-bond donors (Lipinski definition) is 2. The van der Waals surface area contributed by atoms with Crippen LogP contribution in [0.15, 0.2) is 48.5 Å². The molecule has 1 atom stereocenters. The van der Waals surface area contributed by atoms with Gasteiger partial charge in [0.05, 0.1) is 26.7 Å². The summed E-state index contributed by atoms with van der Waals surface area (Å²) >= 11 is 0. The number of nitrogens with zero attached hydrogens (tertiary/aromatic N) is 1. The zero-order valence-corrected chi connectivity index (χ0v) is 18.2. The fourth-order valence-electron chi connectivity index (χ4n) is 4.66. The summed E-state index contributed by atoms with van der Waals surface area (Å²) in [5.74, 6) is 1.01. The molecule has 2 saturated heterocycles. The predicted molar refractivity (Wildman–Crippen MR) is 119 cm³/mol. The molecule has 164 valence electrons. The quantitative estimate of drug-likeness (QED) is 0.684. The molecule has 2 fully saturated rings. The Kier molecular flexibility index (Phi) is 6.87. The number of rotatable bonds is 8. The molecular formula is C25H32N3O3+. The van der Waals surface area contributed by atoms with Crippen LogP contribution in [0.4, 0.5) is 0 Å². The number of likely N-dealkylation sites (tertiary alicyclic amines) is 2. The molecule has 0 saturated carbocycles. The third kappa shape index (κ3) is 5.25. The first-order chi connectivity index (χ1) is 15.1. The van der Waals surface area contributed by atoms with Crippen LogP contribution in [-0.4, -0.2) is 50.0 Å². The summed E-state index contributed by atoms with van der Waals surface area (Å²) in [5, 5.41) is 3.15. The van der Waals surface area contributed by atoms with Crippen molar-refractivity contribution in [2.45, 2.75) is 38.3 Å². The summed E-state index contributed by atoms with van der Waals surface area (Å²) in [6.07, 6.45) is 4.05. The Hall–Kier alpha value is -2.86. The van der Waals surface area contributed by atoms with Gasteiger partial charge in [-0.25, -0.2) is 0 Å². The van der Waals surface area contributed by atoms with Crippen LogP contribution < -0.4 is 15.0 Å². The molecule has 2 N–H and O–H groups in total. The fourth-order valence-corrected chi connectivity index (χ4v) is 4.66. The van der Waals surface area contributed by atoms with E-state index >= 15 is 0 Å². The summed E-state index contributed by atoms with van der Waals surface area (Å²) in [5.41, 5.74) is 2.94. The Morgan fingerprint density at radius 2 is 1.77 bits per heavy atom. The molecule has 6 heteroatoms. The smallest absolute Gasteiger partial charge is 0.251 e. The van der Waals surface area contributed by atoms with Gasteiger partial charge in [0, 0.05) is 43.5 Å². The van der Waals surface area contributed by atoms with Gasteiger partial charge in [0.25, 0.3) is 5.91 Å². The first kappa shape index (κ1) is 21.4. The van der Waals surface area contributed by atoms with E-state index in [1.54, 1.807) is 7.11 Å². The Bertz CT molecular complexity index is 889. The SMILES string of the molecule is COc1ccc([C@@H](CNC(=O)c2ccc(CN3CCCC3=O)cc2)[NH+]2CCCC2)cc1. The van der Waals surface area contributed by atoms with Crippen molar-refractivity contribution < 1.29 is 19.2 Å². The van der Waals surface area contributed by atoms with Crippen LogP contribution in [0.25, 0.3) is 0 Å². The van der Waals surface area contributed by atoms with Crippen molar-refractivity contribution in [3.63, 3.8) is 0 Å². The van der Waals surface area contributed by atoms with Crippen LogP contribution in [-0.2, 0) is 11.3 Å². The van der Waals surface area contributed by atoms with Crippen molar-refractivity contribution in [2.75, 3.05) is 33.3 Å². The van der Waals surface area contributed by atoms with Gasteiger partial charge in [-0.05, 0) is 48.4 Å². The predicted octanol–water partition coefficient (Wildman–Crippen LogP) is 1.97. The average molecular weight is 423 g/mol. The van der Waals surface area contributed by atoms with Gasteiger partial charge in [-0.15, -0.1) is 0 Å². The fraction of sp³-hybridized carbons (Fsp3) is 0.440. The van der Waals surface area contributed by atoms with Crippen LogP contribution in [0.3, 0.4) is 0 Å². The molecule has 4 rings (SSSR count). The standard InChI is InChI=1S/C25H31N3O3/c1-31-22-12-10-20(11-13-22)23(27-14-2-3-15-27)17-26-25(30)21-8-6-19(7-9-21)18-28-16-4-5-24(28)29/h6-13,23H,2-5,14-18H2,1H3,(H,26,30)/p+1/t23-/m1/s1. The van der Waals surface area contributed by atoms with Crippen molar-refractivity contribution >= 4 is 11.8 Å². The van der Waals surface area contributed by atoms with E-state index in [1.165, 1.54) is 23.3 Å². The molecular weight excluding hydrogens is 390 g/mol. The van der Waals surface area contributed by atoms with Crippen LogP contribution in [0, 0.1) is 0 Å². The zero-order chi connectivity index (χ0) is 21.6. The van der Waals surface area contributed by atoms with Gasteiger partial charge in [-0.3, -0.25) is 9.59 Å². The summed E-state index contributed by atoms with van der Waals surface area (Å²) < 4.78 is 5.29. The van der Waals surface area contributed by atoms with E-state index in [2.05, 4.69) is 17.4 Å². The molecule has 2 amide bonds. The number of methoxy groups -OCH3 is 1. The second-order valence-electron chi connectivity index (χ2n) is 8.52. The minimum atomic E-state index is -0.0547. The molecule has 0 unspecified atom stereocenters. The Morgan fingerprint density at radius 3 is 2.39 bits per heavy atom. The summed E-state index contributed by atoms with van der Waals surface area (Å²) in [6, 6.07) is 16.0. The number of hydrogen-bond acceptors (Lipinski definition) is 3. The maximum absolute atomic E-state index is 12.8. The third-order valence-electron chi connectivity index (χ3n) is 6.48. The highest BCUT2D eigenvalue weighted by atomic mass is 16.5. The normalized spacial score (nSPS) is 17.7. The number of quaternary nitrogens is 1. The van der Waals surface area contributed by atoms with Crippen molar-refractivity contribution in [3.8, 4) is 5.75 Å². The molecule has 2 aromatic carbocycles. The minimum absolute atomic E-state index is 0.0547. The number of nitrogens with one attached hydrogen (secondary N) is 2. The van der Waals surface area contributed by atoms with E-state index in [0.29, 0.717) is 25.1 Å². The molecule has 0 bridgehead atoms. The Morgan fingerprint density at radius 1 is 1.06 bits per heavy atom. The molecule has 2 aliphatic rings. The van der Waals surface area contributed by atoms with Gasteiger partial charge in [-0.2, -0.15) is 0 Å². The Balaban J connectivity index is 1.38. The first-order valence-corrected chi connectivity index (χ1v) is 11.3. The number of benzene rings is 2. The summed E-state index contributed by atoms with van der Waals surface area (Å²) in [6.45, 7) is 4.32. The first-order valence-electron chi connectivity index (χ1n) is 11.3. The number of carbonyl (C=O) groups excluding carboxylic acids is 2. The van der Waals surface area contributed by atoms with Crippen molar-refractivity contribution in [2.24, 2.45) is 0 Å².